The van der Waals surface area contributed by atoms with Gasteiger partial charge in [0.25, 0.3) is 0 Å². The van der Waals surface area contributed by atoms with Gasteiger partial charge in [0.05, 0.1) is 18.4 Å². The Bertz CT molecular complexity index is 770. The monoisotopic (exact) mass is 329 g/mol. The lowest BCUT2D eigenvalue weighted by molar-refractivity contribution is 0.0689. The van der Waals surface area contributed by atoms with Crippen LogP contribution in [0.4, 0.5) is 0 Å². The number of hydrogen-bond acceptors (Lipinski definition) is 5. The van der Waals surface area contributed by atoms with Crippen LogP contribution in [0, 0.1) is 0 Å². The standard InChI is InChI=1S/C18H19NO5/c1-4-12-8-14(11(2)20)17(23-3)9-16(12)24-10-13-6-5-7-15(19-13)18(21)22/h5-9H,4,10H2,1-3H3,(H,21,22). The summed E-state index contributed by atoms with van der Waals surface area (Å²) in [6, 6.07) is 8.18. The number of benzene rings is 1. The van der Waals surface area contributed by atoms with E-state index >= 15 is 0 Å². The molecule has 0 saturated heterocycles. The van der Waals surface area contributed by atoms with Gasteiger partial charge in [-0.05, 0) is 37.1 Å². The second-order valence-electron chi connectivity index (χ2n) is 5.18. The van der Waals surface area contributed by atoms with Crippen LogP contribution >= 0.6 is 0 Å². The van der Waals surface area contributed by atoms with Crippen LogP contribution in [0.15, 0.2) is 30.3 Å². The smallest absolute Gasteiger partial charge is 0.354 e. The molecular weight excluding hydrogens is 310 g/mol. The Kier molecular flexibility index (Phi) is 5.52. The summed E-state index contributed by atoms with van der Waals surface area (Å²) in [7, 11) is 1.50. The second-order valence-corrected chi connectivity index (χ2v) is 5.18. The normalized spacial score (nSPS) is 10.3. The number of Topliss-reactive ketones (excluding diaryl/α,β-unsaturated/α-hetero) is 1. The maximum Gasteiger partial charge on any atom is 0.354 e. The number of aromatic nitrogens is 1. The highest BCUT2D eigenvalue weighted by atomic mass is 16.5. The van der Waals surface area contributed by atoms with Crippen LogP contribution in [0.2, 0.25) is 0 Å². The van der Waals surface area contributed by atoms with Gasteiger partial charge in [-0.3, -0.25) is 4.79 Å². The molecule has 0 aliphatic heterocycles. The molecule has 24 heavy (non-hydrogen) atoms. The third-order valence-electron chi connectivity index (χ3n) is 3.54. The van der Waals surface area contributed by atoms with Crippen LogP contribution in [0.3, 0.4) is 0 Å². The summed E-state index contributed by atoms with van der Waals surface area (Å²) in [4.78, 5) is 26.7. The first-order chi connectivity index (χ1) is 11.5. The van der Waals surface area contributed by atoms with Crippen LogP contribution in [0.5, 0.6) is 11.5 Å². The number of methoxy groups -OCH3 is 1. The number of hydrogen-bond donors (Lipinski definition) is 1. The lowest BCUT2D eigenvalue weighted by Gasteiger charge is -2.14. The molecule has 6 heteroatoms. The Labute approximate surface area is 140 Å². The molecular formula is C18H19NO5. The Morgan fingerprint density at radius 2 is 1.96 bits per heavy atom. The average molecular weight is 329 g/mol. The number of pyridine rings is 1. The summed E-state index contributed by atoms with van der Waals surface area (Å²) >= 11 is 0. The van der Waals surface area contributed by atoms with Crippen molar-refractivity contribution in [2.45, 2.75) is 26.9 Å². The van der Waals surface area contributed by atoms with Crippen LogP contribution in [-0.4, -0.2) is 29.0 Å². The molecule has 126 valence electrons. The third-order valence-corrected chi connectivity index (χ3v) is 3.54. The predicted octanol–water partition coefficient (Wildman–Crippen LogP) is 3.13. The van der Waals surface area contributed by atoms with E-state index in [0.717, 1.165) is 5.56 Å². The number of carboxylic acid groups (broad SMARTS) is 1. The van der Waals surface area contributed by atoms with Crippen molar-refractivity contribution in [2.24, 2.45) is 0 Å². The summed E-state index contributed by atoms with van der Waals surface area (Å²) in [6.07, 6.45) is 0.683. The molecule has 0 aliphatic carbocycles. The van der Waals surface area contributed by atoms with Crippen LogP contribution in [-0.2, 0) is 13.0 Å². The quantitative estimate of drug-likeness (QED) is 0.786. The molecule has 1 heterocycles. The Balaban J connectivity index is 2.27. The molecule has 0 amide bonds. The first kappa shape index (κ1) is 17.5. The Morgan fingerprint density at radius 1 is 1.21 bits per heavy atom. The van der Waals surface area contributed by atoms with Gasteiger partial charge in [0.1, 0.15) is 23.8 Å². The van der Waals surface area contributed by atoms with Crippen molar-refractivity contribution in [3.8, 4) is 11.5 Å². The van der Waals surface area contributed by atoms with Crippen molar-refractivity contribution in [2.75, 3.05) is 7.11 Å². The highest BCUT2D eigenvalue weighted by Gasteiger charge is 2.14. The van der Waals surface area contributed by atoms with Crippen molar-refractivity contribution in [1.82, 2.24) is 4.98 Å². The molecule has 6 nitrogen and oxygen atoms in total. The van der Waals surface area contributed by atoms with Crippen molar-refractivity contribution < 1.29 is 24.2 Å². The van der Waals surface area contributed by atoms with E-state index in [1.165, 1.54) is 20.1 Å². The fraction of sp³-hybridized carbons (Fsp3) is 0.278. The minimum atomic E-state index is -1.08. The second kappa shape index (κ2) is 7.59. The van der Waals surface area contributed by atoms with Gasteiger partial charge in [-0.1, -0.05) is 13.0 Å². The first-order valence-electron chi connectivity index (χ1n) is 7.50. The molecule has 1 aromatic carbocycles. The number of nitrogens with zero attached hydrogens (tertiary/aromatic N) is 1. The molecule has 0 bridgehead atoms. The van der Waals surface area contributed by atoms with Crippen molar-refractivity contribution in [3.05, 3.63) is 52.8 Å². The molecule has 0 unspecified atom stereocenters. The van der Waals surface area contributed by atoms with Crippen LogP contribution in [0.25, 0.3) is 0 Å². The molecule has 1 N–H and O–H groups in total. The predicted molar refractivity (Wildman–Crippen MR) is 87.9 cm³/mol. The average Bonchev–Trinajstić information content (AvgIpc) is 2.59. The number of aryl methyl sites for hydroxylation is 1. The maximum atomic E-state index is 11.7. The van der Waals surface area contributed by atoms with Gasteiger partial charge in [-0.15, -0.1) is 0 Å². The number of aromatic carboxylic acids is 1. The fourth-order valence-electron chi connectivity index (χ4n) is 2.29. The van der Waals surface area contributed by atoms with E-state index in [2.05, 4.69) is 4.98 Å². The van der Waals surface area contributed by atoms with E-state index in [9.17, 15) is 9.59 Å². The van der Waals surface area contributed by atoms with E-state index in [1.807, 2.05) is 6.92 Å². The summed E-state index contributed by atoms with van der Waals surface area (Å²) in [5.41, 5.74) is 1.85. The number of rotatable bonds is 7. The van der Waals surface area contributed by atoms with Gasteiger partial charge in [0.2, 0.25) is 0 Å². The zero-order valence-electron chi connectivity index (χ0n) is 13.8. The van der Waals surface area contributed by atoms with E-state index < -0.39 is 5.97 Å². The van der Waals surface area contributed by atoms with Crippen molar-refractivity contribution in [3.63, 3.8) is 0 Å². The van der Waals surface area contributed by atoms with Gasteiger partial charge in [0.15, 0.2) is 5.78 Å². The zero-order valence-corrected chi connectivity index (χ0v) is 13.8. The molecule has 0 radical (unpaired) electrons. The topological polar surface area (TPSA) is 85.7 Å². The van der Waals surface area contributed by atoms with E-state index in [0.29, 0.717) is 29.2 Å². The third kappa shape index (κ3) is 3.90. The highest BCUT2D eigenvalue weighted by Crippen LogP contribution is 2.30. The van der Waals surface area contributed by atoms with Gasteiger partial charge in [0, 0.05) is 6.07 Å². The number of ether oxygens (including phenoxy) is 2. The Morgan fingerprint density at radius 3 is 2.54 bits per heavy atom. The first-order valence-corrected chi connectivity index (χ1v) is 7.50. The lowest BCUT2D eigenvalue weighted by Crippen LogP contribution is -2.06. The molecule has 2 aromatic rings. The molecule has 0 atom stereocenters. The fourth-order valence-corrected chi connectivity index (χ4v) is 2.29. The van der Waals surface area contributed by atoms with Gasteiger partial charge < -0.3 is 14.6 Å². The maximum absolute atomic E-state index is 11.7. The van der Waals surface area contributed by atoms with Gasteiger partial charge in [-0.2, -0.15) is 0 Å². The van der Waals surface area contributed by atoms with Gasteiger partial charge >= 0.3 is 5.97 Å². The summed E-state index contributed by atoms with van der Waals surface area (Å²) in [5, 5.41) is 8.98. The molecule has 0 fully saturated rings. The van der Waals surface area contributed by atoms with E-state index in [-0.39, 0.29) is 18.1 Å². The van der Waals surface area contributed by atoms with E-state index in [4.69, 9.17) is 14.6 Å². The summed E-state index contributed by atoms with van der Waals surface area (Å²) in [5.74, 6) is -0.133. The van der Waals surface area contributed by atoms with Crippen LogP contribution in [0.1, 0.15) is 46.0 Å². The van der Waals surface area contributed by atoms with Crippen molar-refractivity contribution in [1.29, 1.82) is 0 Å². The number of carbonyl (C=O) groups excluding carboxylic acids is 1. The zero-order chi connectivity index (χ0) is 17.7. The molecule has 0 saturated carbocycles. The SMILES string of the molecule is CCc1cc(C(C)=O)c(OC)cc1OCc1cccc(C(=O)O)n1. The molecule has 2 rings (SSSR count). The van der Waals surface area contributed by atoms with E-state index in [1.54, 1.807) is 24.3 Å². The minimum Gasteiger partial charge on any atom is -0.496 e. The highest BCUT2D eigenvalue weighted by molar-refractivity contribution is 5.97. The molecule has 0 aliphatic rings. The molecule has 0 spiro atoms. The van der Waals surface area contributed by atoms with Crippen molar-refractivity contribution >= 4 is 11.8 Å². The summed E-state index contributed by atoms with van der Waals surface area (Å²) < 4.78 is 11.0. The largest absolute Gasteiger partial charge is 0.496 e. The molecule has 1 aromatic heterocycles. The van der Waals surface area contributed by atoms with Crippen LogP contribution < -0.4 is 9.47 Å². The number of ketones is 1. The van der Waals surface area contributed by atoms with Gasteiger partial charge in [-0.25, -0.2) is 9.78 Å². The number of carbonyl (C=O) groups is 2. The number of carboxylic acids is 1. The lowest BCUT2D eigenvalue weighted by atomic mass is 10.0. The Hall–Kier alpha value is -2.89. The minimum absolute atomic E-state index is 0.0312. The summed E-state index contributed by atoms with van der Waals surface area (Å²) in [6.45, 7) is 3.57.